The molecule has 0 fully saturated rings. The van der Waals surface area contributed by atoms with Gasteiger partial charge in [-0.3, -0.25) is 0 Å². The van der Waals surface area contributed by atoms with Gasteiger partial charge < -0.3 is 15.2 Å². The summed E-state index contributed by atoms with van der Waals surface area (Å²) >= 11 is 0. The molecule has 0 aliphatic rings. The minimum Gasteiger partial charge on any atom is -0.494 e. The van der Waals surface area contributed by atoms with Crippen molar-refractivity contribution < 1.29 is 9.47 Å². The average molecular weight is 234 g/mol. The van der Waals surface area contributed by atoms with Gasteiger partial charge in [0.05, 0.1) is 12.7 Å². The monoisotopic (exact) mass is 234 g/mol. The standard InChI is InChI=1S/C13H18N2O2/c1-3-8-16-11-4-6-12(7-5-11)17-10-13(2,15)9-14/h4-7H,3,8,10,15H2,1-2H3. The summed E-state index contributed by atoms with van der Waals surface area (Å²) in [4.78, 5) is 0. The first-order chi connectivity index (χ1) is 8.07. The van der Waals surface area contributed by atoms with E-state index in [1.54, 1.807) is 19.1 Å². The summed E-state index contributed by atoms with van der Waals surface area (Å²) < 4.78 is 10.9. The minimum atomic E-state index is -0.961. The fraction of sp³-hybridized carbons (Fsp3) is 0.462. The van der Waals surface area contributed by atoms with Crippen molar-refractivity contribution in [2.45, 2.75) is 25.8 Å². The Morgan fingerprint density at radius 2 is 1.76 bits per heavy atom. The van der Waals surface area contributed by atoms with E-state index in [0.717, 1.165) is 12.2 Å². The van der Waals surface area contributed by atoms with Gasteiger partial charge in [-0.25, -0.2) is 0 Å². The molecular weight excluding hydrogens is 216 g/mol. The first kappa shape index (κ1) is 13.3. The lowest BCUT2D eigenvalue weighted by Crippen LogP contribution is -2.40. The number of rotatable bonds is 6. The Labute approximate surface area is 102 Å². The molecule has 1 rings (SSSR count). The van der Waals surface area contributed by atoms with Crippen LogP contribution in [0.2, 0.25) is 0 Å². The number of nitriles is 1. The van der Waals surface area contributed by atoms with Crippen molar-refractivity contribution >= 4 is 0 Å². The minimum absolute atomic E-state index is 0.165. The van der Waals surface area contributed by atoms with Gasteiger partial charge >= 0.3 is 0 Å². The van der Waals surface area contributed by atoms with Gasteiger partial charge in [0, 0.05) is 0 Å². The van der Waals surface area contributed by atoms with Crippen molar-refractivity contribution in [3.63, 3.8) is 0 Å². The molecule has 0 spiro atoms. The average Bonchev–Trinajstić information content (AvgIpc) is 2.35. The van der Waals surface area contributed by atoms with Crippen molar-refractivity contribution in [2.75, 3.05) is 13.2 Å². The number of nitrogens with two attached hydrogens (primary N) is 1. The van der Waals surface area contributed by atoms with Gasteiger partial charge in [0.1, 0.15) is 23.6 Å². The smallest absolute Gasteiger partial charge is 0.135 e. The zero-order valence-corrected chi connectivity index (χ0v) is 10.3. The molecule has 2 N–H and O–H groups in total. The van der Waals surface area contributed by atoms with Gasteiger partial charge in [-0.2, -0.15) is 5.26 Å². The van der Waals surface area contributed by atoms with E-state index in [1.165, 1.54) is 0 Å². The maximum absolute atomic E-state index is 8.74. The van der Waals surface area contributed by atoms with E-state index in [1.807, 2.05) is 18.2 Å². The van der Waals surface area contributed by atoms with E-state index in [0.29, 0.717) is 12.4 Å². The summed E-state index contributed by atoms with van der Waals surface area (Å²) in [6, 6.07) is 9.26. The molecule has 17 heavy (non-hydrogen) atoms. The van der Waals surface area contributed by atoms with E-state index >= 15 is 0 Å². The summed E-state index contributed by atoms with van der Waals surface area (Å²) in [5, 5.41) is 8.74. The first-order valence-electron chi connectivity index (χ1n) is 5.63. The Morgan fingerprint density at radius 3 is 2.24 bits per heavy atom. The van der Waals surface area contributed by atoms with Crippen LogP contribution in [-0.2, 0) is 0 Å². The van der Waals surface area contributed by atoms with Crippen LogP contribution in [0.25, 0.3) is 0 Å². The normalized spacial score (nSPS) is 13.5. The fourth-order valence-corrected chi connectivity index (χ4v) is 1.12. The van der Waals surface area contributed by atoms with Crippen LogP contribution in [0.1, 0.15) is 20.3 Å². The highest BCUT2D eigenvalue weighted by molar-refractivity contribution is 5.31. The Balaban J connectivity index is 2.49. The molecule has 4 heteroatoms. The van der Waals surface area contributed by atoms with E-state index in [2.05, 4.69) is 6.92 Å². The Hall–Kier alpha value is -1.73. The summed E-state index contributed by atoms with van der Waals surface area (Å²) in [5.41, 5.74) is 4.69. The molecule has 0 aliphatic carbocycles. The molecule has 0 aromatic heterocycles. The highest BCUT2D eigenvalue weighted by atomic mass is 16.5. The second kappa shape index (κ2) is 6.12. The van der Waals surface area contributed by atoms with Crippen LogP contribution in [0.15, 0.2) is 24.3 Å². The maximum Gasteiger partial charge on any atom is 0.135 e. The maximum atomic E-state index is 8.74. The molecule has 0 bridgehead atoms. The topological polar surface area (TPSA) is 68.3 Å². The lowest BCUT2D eigenvalue weighted by molar-refractivity contribution is 0.263. The van der Waals surface area contributed by atoms with Crippen LogP contribution in [-0.4, -0.2) is 18.8 Å². The summed E-state index contributed by atoms with van der Waals surface area (Å²) in [6.45, 7) is 4.56. The van der Waals surface area contributed by atoms with Gasteiger partial charge in [0.15, 0.2) is 0 Å². The van der Waals surface area contributed by atoms with Crippen molar-refractivity contribution in [3.8, 4) is 17.6 Å². The second-order valence-electron chi connectivity index (χ2n) is 4.14. The number of hydrogen-bond acceptors (Lipinski definition) is 4. The molecule has 92 valence electrons. The van der Waals surface area contributed by atoms with Crippen LogP contribution in [0, 0.1) is 11.3 Å². The fourth-order valence-electron chi connectivity index (χ4n) is 1.12. The third-order valence-corrected chi connectivity index (χ3v) is 2.09. The number of hydrogen-bond donors (Lipinski definition) is 1. The lowest BCUT2D eigenvalue weighted by atomic mass is 10.1. The summed E-state index contributed by atoms with van der Waals surface area (Å²) in [5.74, 6) is 1.50. The van der Waals surface area contributed by atoms with E-state index in [9.17, 15) is 0 Å². The number of benzene rings is 1. The highest BCUT2D eigenvalue weighted by Crippen LogP contribution is 2.18. The van der Waals surface area contributed by atoms with Crippen LogP contribution < -0.4 is 15.2 Å². The Kier molecular flexibility index (Phi) is 4.80. The number of ether oxygens (including phenoxy) is 2. The van der Waals surface area contributed by atoms with Gasteiger partial charge in [0.25, 0.3) is 0 Å². The highest BCUT2D eigenvalue weighted by Gasteiger charge is 2.17. The molecule has 1 aromatic carbocycles. The SMILES string of the molecule is CCCOc1ccc(OCC(C)(N)C#N)cc1. The first-order valence-corrected chi connectivity index (χ1v) is 5.63. The Morgan fingerprint density at radius 1 is 1.24 bits per heavy atom. The van der Waals surface area contributed by atoms with Crippen molar-refractivity contribution in [2.24, 2.45) is 5.73 Å². The van der Waals surface area contributed by atoms with Gasteiger partial charge in [-0.15, -0.1) is 0 Å². The molecule has 1 aromatic rings. The van der Waals surface area contributed by atoms with Crippen molar-refractivity contribution in [3.05, 3.63) is 24.3 Å². The molecule has 0 aliphatic heterocycles. The second-order valence-corrected chi connectivity index (χ2v) is 4.14. The van der Waals surface area contributed by atoms with E-state index in [-0.39, 0.29) is 6.61 Å². The van der Waals surface area contributed by atoms with Crippen molar-refractivity contribution in [1.29, 1.82) is 5.26 Å². The predicted molar refractivity (Wildman–Crippen MR) is 65.9 cm³/mol. The van der Waals surface area contributed by atoms with Gasteiger partial charge in [-0.05, 0) is 37.6 Å². The van der Waals surface area contributed by atoms with Crippen molar-refractivity contribution in [1.82, 2.24) is 0 Å². The Bertz CT molecular complexity index is 379. The zero-order valence-electron chi connectivity index (χ0n) is 10.3. The predicted octanol–water partition coefficient (Wildman–Crippen LogP) is 2.10. The van der Waals surface area contributed by atoms with Crippen LogP contribution in [0.3, 0.4) is 0 Å². The third-order valence-electron chi connectivity index (χ3n) is 2.09. The molecule has 0 heterocycles. The van der Waals surface area contributed by atoms with Crippen LogP contribution in [0.4, 0.5) is 0 Å². The molecule has 4 nitrogen and oxygen atoms in total. The van der Waals surface area contributed by atoms with Crippen LogP contribution in [0.5, 0.6) is 11.5 Å². The molecular formula is C13H18N2O2. The third kappa shape index (κ3) is 4.75. The molecule has 0 radical (unpaired) electrons. The largest absolute Gasteiger partial charge is 0.494 e. The molecule has 1 unspecified atom stereocenters. The summed E-state index contributed by atoms with van der Waals surface area (Å²) in [7, 11) is 0. The van der Waals surface area contributed by atoms with E-state index < -0.39 is 5.54 Å². The number of nitrogens with zero attached hydrogens (tertiary/aromatic N) is 1. The quantitative estimate of drug-likeness (QED) is 0.818. The van der Waals surface area contributed by atoms with Gasteiger partial charge in [-0.1, -0.05) is 6.92 Å². The summed E-state index contributed by atoms with van der Waals surface area (Å²) in [6.07, 6.45) is 0.978. The van der Waals surface area contributed by atoms with E-state index in [4.69, 9.17) is 20.5 Å². The van der Waals surface area contributed by atoms with Gasteiger partial charge in [0.2, 0.25) is 0 Å². The van der Waals surface area contributed by atoms with Crippen LogP contribution >= 0.6 is 0 Å². The molecule has 0 amide bonds. The molecule has 0 saturated carbocycles. The molecule has 0 saturated heterocycles. The molecule has 1 atom stereocenters. The zero-order chi connectivity index (χ0) is 12.7. The lowest BCUT2D eigenvalue weighted by Gasteiger charge is -2.16.